The molecule has 2 unspecified atom stereocenters. The van der Waals surface area contributed by atoms with Crippen LogP contribution in [-0.2, 0) is 54.4 Å². The zero-order valence-corrected chi connectivity index (χ0v) is 38.1. The van der Waals surface area contributed by atoms with E-state index in [1.54, 1.807) is 58.9 Å². The van der Waals surface area contributed by atoms with Crippen LogP contribution in [0.2, 0.25) is 0 Å². The fourth-order valence-corrected chi connectivity index (χ4v) is 6.94. The van der Waals surface area contributed by atoms with Gasteiger partial charge in [-0.2, -0.15) is 0 Å². The number of ether oxygens (including phenoxy) is 2. The van der Waals surface area contributed by atoms with Gasteiger partial charge in [-0.25, -0.2) is 4.79 Å². The number of primary amides is 1. The molecule has 62 heavy (non-hydrogen) atoms. The number of imide groups is 2. The Balaban J connectivity index is 1.74. The highest BCUT2D eigenvalue weighted by Gasteiger charge is 2.48. The van der Waals surface area contributed by atoms with Crippen molar-refractivity contribution in [1.82, 2.24) is 25.8 Å². The van der Waals surface area contributed by atoms with Crippen LogP contribution in [0.4, 0.5) is 10.5 Å². The first kappa shape index (κ1) is 51.0. The smallest absolute Gasteiger partial charge is 0.312 e. The van der Waals surface area contributed by atoms with Crippen molar-refractivity contribution in [2.75, 3.05) is 31.6 Å². The molecule has 2 heterocycles. The third kappa shape index (κ3) is 14.6. The van der Waals surface area contributed by atoms with Gasteiger partial charge in [-0.3, -0.25) is 48.2 Å². The van der Waals surface area contributed by atoms with E-state index in [4.69, 9.17) is 15.2 Å². The second kappa shape index (κ2) is 21.1. The van der Waals surface area contributed by atoms with Crippen molar-refractivity contribution in [3.63, 3.8) is 0 Å². The molecule has 6 N–H and O–H groups in total. The summed E-state index contributed by atoms with van der Waals surface area (Å²) in [5.41, 5.74) is 4.58. The quantitative estimate of drug-likeness (QED) is 0.0768. The minimum absolute atomic E-state index is 0.0161. The number of urea groups is 1. The average Bonchev–Trinajstić information content (AvgIpc) is 3.61. The van der Waals surface area contributed by atoms with Crippen molar-refractivity contribution < 1.29 is 52.6 Å². The number of nitrogens with zero attached hydrogens (tertiary/aromatic N) is 2. The van der Waals surface area contributed by atoms with Crippen LogP contribution < -0.4 is 27.0 Å². The van der Waals surface area contributed by atoms with Crippen molar-refractivity contribution in [2.24, 2.45) is 39.7 Å². The van der Waals surface area contributed by atoms with Crippen LogP contribution in [0.1, 0.15) is 107 Å². The molecule has 344 valence electrons. The van der Waals surface area contributed by atoms with Crippen molar-refractivity contribution in [3.05, 3.63) is 29.8 Å². The van der Waals surface area contributed by atoms with E-state index in [0.29, 0.717) is 11.3 Å². The lowest BCUT2D eigenvalue weighted by Gasteiger charge is -2.29. The summed E-state index contributed by atoms with van der Waals surface area (Å²) in [6.45, 7) is 18.6. The highest BCUT2D eigenvalue weighted by Crippen LogP contribution is 2.37. The second-order valence-corrected chi connectivity index (χ2v) is 19.7. The maximum atomic E-state index is 13.8. The first-order chi connectivity index (χ1) is 28.6. The van der Waals surface area contributed by atoms with Gasteiger partial charge in [0, 0.05) is 25.1 Å². The molecule has 0 aliphatic carbocycles. The molecule has 0 saturated carbocycles. The van der Waals surface area contributed by atoms with Gasteiger partial charge in [0.2, 0.25) is 41.4 Å². The summed E-state index contributed by atoms with van der Waals surface area (Å²) in [6.07, 6.45) is -0.823. The van der Waals surface area contributed by atoms with Gasteiger partial charge in [0.15, 0.2) is 0 Å². The van der Waals surface area contributed by atoms with Crippen LogP contribution in [0, 0.1) is 34.0 Å². The summed E-state index contributed by atoms with van der Waals surface area (Å²) in [6, 6.07) is 3.56. The maximum Gasteiger partial charge on any atom is 0.312 e. The first-order valence-corrected chi connectivity index (χ1v) is 21.1. The number of amides is 9. The number of nitrogens with two attached hydrogens (primary N) is 1. The topological polar surface area (TPSA) is 253 Å². The van der Waals surface area contributed by atoms with Crippen LogP contribution in [0.25, 0.3) is 0 Å². The third-order valence-corrected chi connectivity index (χ3v) is 10.9. The lowest BCUT2D eigenvalue weighted by molar-refractivity contribution is -0.154. The van der Waals surface area contributed by atoms with Crippen molar-refractivity contribution in [3.8, 4) is 0 Å². The molecule has 4 atom stereocenters. The minimum Gasteiger partial charge on any atom is -0.460 e. The number of rotatable bonds is 19. The standard InChI is InChI=1S/C44H67N7O11/c1-25(2)35(37(56)48-31(13-12-18-46-41(45)60)36(55)47-27-16-14-26(15-17-27)23-62-40(59)44(9,10)11)49-32(52)24-61-28(21-50-33(53)19-29(38(50)57)42(3,4)5)22-51-34(54)20-30(39(51)58)43(6,7)8/h14-17,25,28-31,35H,12-13,18-24H2,1-11H3,(H,47,55)(H,48,56)(H,49,52)(H3,45,46,60)/t28?,29?,30?,31-,35-/m0/s1. The molecule has 2 aliphatic heterocycles. The summed E-state index contributed by atoms with van der Waals surface area (Å²) in [4.78, 5) is 119. The van der Waals surface area contributed by atoms with E-state index in [9.17, 15) is 43.2 Å². The molecule has 18 heteroatoms. The molecule has 18 nitrogen and oxygen atoms in total. The van der Waals surface area contributed by atoms with Crippen molar-refractivity contribution in [2.45, 2.75) is 127 Å². The van der Waals surface area contributed by atoms with Gasteiger partial charge in [-0.1, -0.05) is 67.5 Å². The molecule has 0 radical (unpaired) electrons. The lowest BCUT2D eigenvalue weighted by atomic mass is 9.80. The monoisotopic (exact) mass is 869 g/mol. The summed E-state index contributed by atoms with van der Waals surface area (Å²) in [7, 11) is 0. The van der Waals surface area contributed by atoms with Crippen molar-refractivity contribution >= 4 is 59.0 Å². The molecule has 1 aromatic carbocycles. The molecular formula is C44H67N7O11. The summed E-state index contributed by atoms with van der Waals surface area (Å²) in [5, 5.41) is 10.6. The van der Waals surface area contributed by atoms with Crippen LogP contribution >= 0.6 is 0 Å². The zero-order chi connectivity index (χ0) is 46.9. The summed E-state index contributed by atoms with van der Waals surface area (Å²) >= 11 is 0. The molecule has 1 aromatic rings. The number of hydrogen-bond acceptors (Lipinski definition) is 11. The Morgan fingerprint density at radius 1 is 0.774 bits per heavy atom. The van der Waals surface area contributed by atoms with Crippen LogP contribution in [-0.4, -0.2) is 108 Å². The van der Waals surface area contributed by atoms with Crippen LogP contribution in [0.15, 0.2) is 24.3 Å². The second-order valence-electron chi connectivity index (χ2n) is 19.7. The Labute approximate surface area is 364 Å². The molecule has 2 aliphatic rings. The molecular weight excluding hydrogens is 803 g/mol. The van der Waals surface area contributed by atoms with E-state index in [2.05, 4.69) is 21.3 Å². The van der Waals surface area contributed by atoms with Gasteiger partial charge in [0.05, 0.1) is 36.4 Å². The minimum atomic E-state index is -1.16. The average molecular weight is 870 g/mol. The third-order valence-electron chi connectivity index (χ3n) is 10.9. The predicted octanol–water partition coefficient (Wildman–Crippen LogP) is 3.02. The van der Waals surface area contributed by atoms with E-state index in [-0.39, 0.29) is 57.9 Å². The Morgan fingerprint density at radius 3 is 1.73 bits per heavy atom. The maximum absolute atomic E-state index is 13.8. The summed E-state index contributed by atoms with van der Waals surface area (Å²) < 4.78 is 11.3. The number of hydrogen-bond donors (Lipinski definition) is 5. The largest absolute Gasteiger partial charge is 0.460 e. The van der Waals surface area contributed by atoms with E-state index in [1.807, 2.05) is 41.5 Å². The SMILES string of the molecule is CC(C)[C@H](NC(=O)COC(CN1C(=O)CC(C(C)(C)C)C1=O)CN1C(=O)CC(C(C)(C)C)C1=O)C(=O)N[C@@H](CCCNC(N)=O)C(=O)Nc1ccc(COC(=O)C(C)(C)C)cc1. The Bertz CT molecular complexity index is 1790. The Morgan fingerprint density at radius 2 is 1.29 bits per heavy atom. The highest BCUT2D eigenvalue weighted by molar-refractivity contribution is 6.05. The number of nitrogens with one attached hydrogen (secondary N) is 4. The Hall–Kier alpha value is -5.39. The van der Waals surface area contributed by atoms with Gasteiger partial charge >= 0.3 is 12.0 Å². The molecule has 3 rings (SSSR count). The van der Waals surface area contributed by atoms with Gasteiger partial charge < -0.3 is 36.5 Å². The number of carbonyl (C=O) groups is 9. The van der Waals surface area contributed by atoms with Gasteiger partial charge in [-0.15, -0.1) is 0 Å². The zero-order valence-electron chi connectivity index (χ0n) is 38.1. The fraction of sp³-hybridized carbons (Fsp3) is 0.659. The number of carbonyl (C=O) groups excluding carboxylic acids is 9. The molecule has 2 fully saturated rings. The highest BCUT2D eigenvalue weighted by atomic mass is 16.5. The normalized spacial score (nSPS) is 18.7. The number of anilines is 1. The molecule has 9 amide bonds. The number of likely N-dealkylation sites (tertiary alicyclic amines) is 2. The number of esters is 1. The van der Waals surface area contributed by atoms with E-state index < -0.39 is 106 Å². The number of benzene rings is 1. The van der Waals surface area contributed by atoms with Gasteiger partial charge in [0.25, 0.3) is 0 Å². The van der Waals surface area contributed by atoms with Crippen LogP contribution in [0.5, 0.6) is 0 Å². The van der Waals surface area contributed by atoms with Crippen LogP contribution in [0.3, 0.4) is 0 Å². The molecule has 0 aromatic heterocycles. The Kier molecular flexibility index (Phi) is 17.4. The molecule has 0 spiro atoms. The first-order valence-electron chi connectivity index (χ1n) is 21.1. The van der Waals surface area contributed by atoms with Gasteiger partial charge in [-0.05, 0) is 68.1 Å². The van der Waals surface area contributed by atoms with Crippen molar-refractivity contribution in [1.29, 1.82) is 0 Å². The van der Waals surface area contributed by atoms with E-state index in [0.717, 1.165) is 9.80 Å². The molecule has 2 saturated heterocycles. The lowest BCUT2D eigenvalue weighted by Crippen LogP contribution is -2.55. The fourth-order valence-electron chi connectivity index (χ4n) is 6.94. The van der Waals surface area contributed by atoms with E-state index >= 15 is 0 Å². The van der Waals surface area contributed by atoms with E-state index in [1.165, 1.54) is 0 Å². The molecule has 0 bridgehead atoms. The predicted molar refractivity (Wildman–Crippen MR) is 228 cm³/mol. The summed E-state index contributed by atoms with van der Waals surface area (Å²) in [5.74, 6) is -5.74. The van der Waals surface area contributed by atoms with Gasteiger partial charge in [0.1, 0.15) is 25.3 Å².